The van der Waals surface area contributed by atoms with Crippen molar-refractivity contribution in [2.45, 2.75) is 26.3 Å². The predicted molar refractivity (Wildman–Crippen MR) is 58.3 cm³/mol. The summed E-state index contributed by atoms with van der Waals surface area (Å²) in [5.74, 6) is -0.340. The van der Waals surface area contributed by atoms with Crippen molar-refractivity contribution < 1.29 is 4.39 Å². The molecule has 3 heteroatoms. The van der Waals surface area contributed by atoms with Crippen molar-refractivity contribution in [1.82, 2.24) is 5.32 Å². The molecular weight excluding hydrogens is 201 g/mol. The molecule has 1 atom stereocenters. The summed E-state index contributed by atoms with van der Waals surface area (Å²) >= 11 is 5.59. The molecule has 1 nitrogen and oxygen atoms in total. The van der Waals surface area contributed by atoms with Gasteiger partial charge in [-0.25, -0.2) is 4.39 Å². The standard InChI is InChI=1S/C11H15ClFN/c1-3-14-8(2)6-9-4-5-10(12)11(13)7-9/h4-5,7-8,14H,3,6H2,1-2H3. The first-order valence-electron chi connectivity index (χ1n) is 4.80. The molecule has 0 spiro atoms. The minimum Gasteiger partial charge on any atom is -0.314 e. The fourth-order valence-electron chi connectivity index (χ4n) is 1.44. The maximum Gasteiger partial charge on any atom is 0.142 e. The molecule has 0 aliphatic rings. The Kier molecular flexibility index (Phi) is 4.36. The smallest absolute Gasteiger partial charge is 0.142 e. The number of halogens is 2. The van der Waals surface area contributed by atoms with Crippen LogP contribution in [0.15, 0.2) is 18.2 Å². The fourth-order valence-corrected chi connectivity index (χ4v) is 1.56. The van der Waals surface area contributed by atoms with E-state index in [2.05, 4.69) is 19.2 Å². The second-order valence-electron chi connectivity index (χ2n) is 3.41. The summed E-state index contributed by atoms with van der Waals surface area (Å²) in [5.41, 5.74) is 0.973. The van der Waals surface area contributed by atoms with E-state index in [9.17, 15) is 4.39 Å². The van der Waals surface area contributed by atoms with Crippen LogP contribution in [-0.4, -0.2) is 12.6 Å². The van der Waals surface area contributed by atoms with Crippen LogP contribution in [0, 0.1) is 5.82 Å². The molecule has 1 rings (SSSR count). The zero-order valence-corrected chi connectivity index (χ0v) is 9.24. The molecule has 1 unspecified atom stereocenters. The highest BCUT2D eigenvalue weighted by molar-refractivity contribution is 6.30. The summed E-state index contributed by atoms with van der Waals surface area (Å²) in [5, 5.41) is 3.46. The highest BCUT2D eigenvalue weighted by Gasteiger charge is 2.04. The number of hydrogen-bond donors (Lipinski definition) is 1. The third-order valence-corrected chi connectivity index (χ3v) is 2.39. The molecule has 0 heterocycles. The van der Waals surface area contributed by atoms with Crippen LogP contribution >= 0.6 is 11.6 Å². The largest absolute Gasteiger partial charge is 0.314 e. The van der Waals surface area contributed by atoms with Crippen LogP contribution in [0.25, 0.3) is 0 Å². The van der Waals surface area contributed by atoms with Crippen molar-refractivity contribution in [3.8, 4) is 0 Å². The third kappa shape index (κ3) is 3.28. The minimum absolute atomic E-state index is 0.185. The molecule has 0 saturated carbocycles. The van der Waals surface area contributed by atoms with E-state index in [1.807, 2.05) is 6.07 Å². The number of likely N-dealkylation sites (N-methyl/N-ethyl adjacent to an activating group) is 1. The molecule has 0 aliphatic heterocycles. The lowest BCUT2D eigenvalue weighted by atomic mass is 10.1. The summed E-state index contributed by atoms with van der Waals surface area (Å²) < 4.78 is 13.1. The average Bonchev–Trinajstić information content (AvgIpc) is 2.12. The summed E-state index contributed by atoms with van der Waals surface area (Å²) in [7, 11) is 0. The van der Waals surface area contributed by atoms with Gasteiger partial charge in [0, 0.05) is 6.04 Å². The van der Waals surface area contributed by atoms with Gasteiger partial charge < -0.3 is 5.32 Å². The van der Waals surface area contributed by atoms with Gasteiger partial charge in [0.15, 0.2) is 0 Å². The van der Waals surface area contributed by atoms with Crippen LogP contribution in [0.1, 0.15) is 19.4 Å². The quantitative estimate of drug-likeness (QED) is 0.814. The van der Waals surface area contributed by atoms with E-state index in [1.165, 1.54) is 6.07 Å². The molecule has 0 fully saturated rings. The van der Waals surface area contributed by atoms with Crippen molar-refractivity contribution in [3.05, 3.63) is 34.6 Å². The van der Waals surface area contributed by atoms with Crippen molar-refractivity contribution >= 4 is 11.6 Å². The molecule has 0 amide bonds. The highest BCUT2D eigenvalue weighted by atomic mass is 35.5. The Labute approximate surface area is 89.3 Å². The van der Waals surface area contributed by atoms with Crippen molar-refractivity contribution in [3.63, 3.8) is 0 Å². The monoisotopic (exact) mass is 215 g/mol. The van der Waals surface area contributed by atoms with Gasteiger partial charge in [-0.05, 0) is 37.6 Å². The fraction of sp³-hybridized carbons (Fsp3) is 0.455. The van der Waals surface area contributed by atoms with E-state index in [-0.39, 0.29) is 10.8 Å². The lowest BCUT2D eigenvalue weighted by Crippen LogP contribution is -2.27. The van der Waals surface area contributed by atoms with E-state index >= 15 is 0 Å². The Morgan fingerprint density at radius 3 is 2.79 bits per heavy atom. The Bertz CT molecular complexity index is 301. The van der Waals surface area contributed by atoms with Crippen molar-refractivity contribution in [1.29, 1.82) is 0 Å². The van der Waals surface area contributed by atoms with Gasteiger partial charge in [0.25, 0.3) is 0 Å². The highest BCUT2D eigenvalue weighted by Crippen LogP contribution is 2.16. The van der Waals surface area contributed by atoms with Crippen molar-refractivity contribution in [2.75, 3.05) is 6.54 Å². The van der Waals surface area contributed by atoms with Crippen LogP contribution in [0.5, 0.6) is 0 Å². The topological polar surface area (TPSA) is 12.0 Å². The first-order chi connectivity index (χ1) is 6.63. The third-order valence-electron chi connectivity index (χ3n) is 2.08. The number of nitrogens with one attached hydrogen (secondary N) is 1. The van der Waals surface area contributed by atoms with Gasteiger partial charge in [0.1, 0.15) is 5.82 Å². The van der Waals surface area contributed by atoms with Gasteiger partial charge >= 0.3 is 0 Å². The SMILES string of the molecule is CCNC(C)Cc1ccc(Cl)c(F)c1. The molecule has 1 aromatic carbocycles. The number of benzene rings is 1. The molecular formula is C11H15ClFN. The summed E-state index contributed by atoms with van der Waals surface area (Å²) in [6, 6.07) is 5.32. The average molecular weight is 216 g/mol. The first kappa shape index (κ1) is 11.5. The maximum absolute atomic E-state index is 13.1. The number of hydrogen-bond acceptors (Lipinski definition) is 1. The molecule has 1 aromatic rings. The second kappa shape index (κ2) is 5.32. The second-order valence-corrected chi connectivity index (χ2v) is 3.82. The molecule has 14 heavy (non-hydrogen) atoms. The minimum atomic E-state index is -0.340. The van der Waals surface area contributed by atoms with Crippen LogP contribution in [-0.2, 0) is 6.42 Å². The van der Waals surface area contributed by atoms with Gasteiger partial charge in [-0.2, -0.15) is 0 Å². The first-order valence-corrected chi connectivity index (χ1v) is 5.18. The van der Waals surface area contributed by atoms with Crippen LogP contribution in [0.2, 0.25) is 5.02 Å². The maximum atomic E-state index is 13.1. The molecule has 0 saturated heterocycles. The van der Waals surface area contributed by atoms with E-state index in [0.717, 1.165) is 18.5 Å². The van der Waals surface area contributed by atoms with Crippen molar-refractivity contribution in [2.24, 2.45) is 0 Å². The van der Waals surface area contributed by atoms with E-state index in [0.29, 0.717) is 6.04 Å². The van der Waals surface area contributed by atoms with Gasteiger partial charge in [0.2, 0.25) is 0 Å². The number of rotatable bonds is 4. The Morgan fingerprint density at radius 1 is 1.50 bits per heavy atom. The molecule has 1 N–H and O–H groups in total. The Balaban J connectivity index is 2.63. The Morgan fingerprint density at radius 2 is 2.21 bits per heavy atom. The summed E-state index contributed by atoms with van der Waals surface area (Å²) in [4.78, 5) is 0. The summed E-state index contributed by atoms with van der Waals surface area (Å²) in [6.45, 7) is 5.06. The van der Waals surface area contributed by atoms with E-state index in [1.54, 1.807) is 6.07 Å². The molecule has 0 bridgehead atoms. The zero-order chi connectivity index (χ0) is 10.6. The molecule has 78 valence electrons. The van der Waals surface area contributed by atoms with Gasteiger partial charge in [-0.15, -0.1) is 0 Å². The lowest BCUT2D eigenvalue weighted by Gasteiger charge is -2.12. The van der Waals surface area contributed by atoms with E-state index < -0.39 is 0 Å². The summed E-state index contributed by atoms with van der Waals surface area (Å²) in [6.07, 6.45) is 0.821. The normalized spacial score (nSPS) is 12.9. The zero-order valence-electron chi connectivity index (χ0n) is 8.48. The van der Waals surface area contributed by atoms with Crippen LogP contribution in [0.4, 0.5) is 4.39 Å². The van der Waals surface area contributed by atoms with E-state index in [4.69, 9.17) is 11.6 Å². The van der Waals surface area contributed by atoms with Gasteiger partial charge in [-0.3, -0.25) is 0 Å². The molecule has 0 aromatic heterocycles. The molecule has 0 aliphatic carbocycles. The van der Waals surface area contributed by atoms with Crippen LogP contribution in [0.3, 0.4) is 0 Å². The predicted octanol–water partition coefficient (Wildman–Crippen LogP) is 3.02. The molecule has 0 radical (unpaired) electrons. The van der Waals surface area contributed by atoms with Crippen LogP contribution < -0.4 is 5.32 Å². The Hall–Kier alpha value is -0.600. The lowest BCUT2D eigenvalue weighted by molar-refractivity contribution is 0.561. The van der Waals surface area contributed by atoms with Gasteiger partial charge in [0.05, 0.1) is 5.02 Å². The van der Waals surface area contributed by atoms with Gasteiger partial charge in [-0.1, -0.05) is 24.6 Å².